The first-order chi connectivity index (χ1) is 10.5. The number of allylic oxidation sites excluding steroid dienone is 3. The molecule has 2 amide bonds. The monoisotopic (exact) mass is 312 g/mol. The molecule has 5 heteroatoms. The van der Waals surface area contributed by atoms with E-state index in [1.54, 1.807) is 42.5 Å². The van der Waals surface area contributed by atoms with E-state index < -0.39 is 5.91 Å². The fraction of sp³-hybridized carbons (Fsp3) is 0.118. The van der Waals surface area contributed by atoms with Gasteiger partial charge in [0.1, 0.15) is 0 Å². The molecule has 2 aliphatic rings. The molecule has 0 bridgehead atoms. The Balaban J connectivity index is 1.90. The van der Waals surface area contributed by atoms with Crippen molar-refractivity contribution in [2.75, 3.05) is 0 Å². The molecule has 1 N–H and O–H groups in total. The van der Waals surface area contributed by atoms with Crippen molar-refractivity contribution >= 4 is 29.1 Å². The highest BCUT2D eigenvalue weighted by Gasteiger charge is 2.24. The summed E-state index contributed by atoms with van der Waals surface area (Å²) < 4.78 is 0. The van der Waals surface area contributed by atoms with Gasteiger partial charge in [-0.15, -0.1) is 0 Å². The summed E-state index contributed by atoms with van der Waals surface area (Å²) in [6.45, 7) is 1.90. The summed E-state index contributed by atoms with van der Waals surface area (Å²) in [5.41, 5.74) is 2.54. The number of nitrogens with one attached hydrogen (secondary N) is 1. The molecule has 0 saturated carbocycles. The minimum atomic E-state index is -0.407. The van der Waals surface area contributed by atoms with Crippen molar-refractivity contribution in [3.8, 4) is 0 Å². The number of carbonyl (C=O) groups excluding carboxylic acids is 2. The van der Waals surface area contributed by atoms with Crippen molar-refractivity contribution in [2.24, 2.45) is 10.9 Å². The quantitative estimate of drug-likeness (QED) is 0.866. The molecule has 1 aromatic carbocycles. The van der Waals surface area contributed by atoms with Crippen LogP contribution in [0.5, 0.6) is 0 Å². The van der Waals surface area contributed by atoms with Gasteiger partial charge in [0.15, 0.2) is 0 Å². The van der Waals surface area contributed by atoms with E-state index in [1.165, 1.54) is 0 Å². The van der Waals surface area contributed by atoms with Crippen LogP contribution in [0.1, 0.15) is 17.3 Å². The third kappa shape index (κ3) is 2.78. The van der Waals surface area contributed by atoms with Gasteiger partial charge in [0.25, 0.3) is 5.91 Å². The van der Waals surface area contributed by atoms with Gasteiger partial charge in [0, 0.05) is 17.7 Å². The molecule has 110 valence electrons. The smallest absolute Gasteiger partial charge is 0.279 e. The van der Waals surface area contributed by atoms with E-state index >= 15 is 0 Å². The number of halogens is 1. The summed E-state index contributed by atoms with van der Waals surface area (Å²) in [7, 11) is 0. The maximum atomic E-state index is 12.2. The topological polar surface area (TPSA) is 58.5 Å². The second-order valence-corrected chi connectivity index (χ2v) is 5.54. The molecule has 0 radical (unpaired) electrons. The number of hydrogen-bond acceptors (Lipinski definition) is 2. The summed E-state index contributed by atoms with van der Waals surface area (Å²) in [4.78, 5) is 27.8. The van der Waals surface area contributed by atoms with Gasteiger partial charge in [0.2, 0.25) is 5.91 Å². The van der Waals surface area contributed by atoms with E-state index in [0.29, 0.717) is 16.3 Å². The van der Waals surface area contributed by atoms with Crippen molar-refractivity contribution in [2.45, 2.75) is 6.92 Å². The molecular formula is C17H13ClN2O2. The Kier molecular flexibility index (Phi) is 3.77. The lowest BCUT2D eigenvalue weighted by molar-refractivity contribution is -0.116. The lowest BCUT2D eigenvalue weighted by Gasteiger charge is -2.25. The normalized spacial score (nSPS) is 21.8. The van der Waals surface area contributed by atoms with Crippen molar-refractivity contribution in [1.82, 2.24) is 5.32 Å². The third-order valence-corrected chi connectivity index (χ3v) is 3.88. The molecule has 1 unspecified atom stereocenters. The van der Waals surface area contributed by atoms with Crippen LogP contribution in [0.3, 0.4) is 0 Å². The number of fused-ring (bicyclic) bond motifs is 1. The minimum absolute atomic E-state index is 0.0343. The van der Waals surface area contributed by atoms with Crippen LogP contribution in [0.2, 0.25) is 5.02 Å². The van der Waals surface area contributed by atoms with Crippen LogP contribution in [0.4, 0.5) is 0 Å². The van der Waals surface area contributed by atoms with Gasteiger partial charge in [-0.2, -0.15) is 0 Å². The predicted molar refractivity (Wildman–Crippen MR) is 85.8 cm³/mol. The fourth-order valence-corrected chi connectivity index (χ4v) is 2.68. The first-order valence-electron chi connectivity index (χ1n) is 6.81. The average Bonchev–Trinajstić information content (AvgIpc) is 2.47. The van der Waals surface area contributed by atoms with Crippen molar-refractivity contribution in [1.29, 1.82) is 0 Å². The molecular weight excluding hydrogens is 300 g/mol. The summed E-state index contributed by atoms with van der Waals surface area (Å²) in [5, 5.41) is 3.15. The SMILES string of the molecule is CC1=CC(=O)NC2=CC(=NC(=O)c3ccccc3Cl)C=CC12. The van der Waals surface area contributed by atoms with Crippen molar-refractivity contribution in [3.05, 3.63) is 70.4 Å². The summed E-state index contributed by atoms with van der Waals surface area (Å²) >= 11 is 6.00. The largest absolute Gasteiger partial charge is 0.325 e. The Morgan fingerprint density at radius 2 is 2.05 bits per heavy atom. The minimum Gasteiger partial charge on any atom is -0.325 e. The molecule has 0 aromatic heterocycles. The predicted octanol–water partition coefficient (Wildman–Crippen LogP) is 3.07. The standard InChI is InChI=1S/C17H13ClN2O2/c1-10-8-16(21)20-15-9-11(6-7-12(10)15)19-17(22)13-4-2-3-5-14(13)18/h2-9,12H,1H3,(H,20,21). The van der Waals surface area contributed by atoms with Crippen LogP contribution in [-0.2, 0) is 4.79 Å². The van der Waals surface area contributed by atoms with Crippen LogP contribution >= 0.6 is 11.6 Å². The molecule has 1 heterocycles. The molecule has 0 saturated heterocycles. The number of aliphatic imine (C=N–C) groups is 1. The van der Waals surface area contributed by atoms with Gasteiger partial charge in [-0.3, -0.25) is 9.59 Å². The van der Waals surface area contributed by atoms with Crippen LogP contribution < -0.4 is 5.32 Å². The lowest BCUT2D eigenvalue weighted by atomic mass is 9.89. The second-order valence-electron chi connectivity index (χ2n) is 5.14. The summed E-state index contributed by atoms with van der Waals surface area (Å²) in [6.07, 6.45) is 6.98. The maximum absolute atomic E-state index is 12.2. The van der Waals surface area contributed by atoms with Gasteiger partial charge in [-0.05, 0) is 31.2 Å². The molecule has 0 spiro atoms. The Labute approximate surface area is 132 Å². The van der Waals surface area contributed by atoms with E-state index in [1.807, 2.05) is 13.0 Å². The average molecular weight is 313 g/mol. The highest BCUT2D eigenvalue weighted by Crippen LogP contribution is 2.26. The van der Waals surface area contributed by atoms with Crippen LogP contribution in [0.25, 0.3) is 0 Å². The summed E-state index contributed by atoms with van der Waals surface area (Å²) in [6, 6.07) is 6.77. The Morgan fingerprint density at radius 1 is 1.27 bits per heavy atom. The van der Waals surface area contributed by atoms with Crippen molar-refractivity contribution < 1.29 is 9.59 Å². The zero-order valence-electron chi connectivity index (χ0n) is 11.8. The lowest BCUT2D eigenvalue weighted by Crippen LogP contribution is -2.32. The highest BCUT2D eigenvalue weighted by atomic mass is 35.5. The van der Waals surface area contributed by atoms with Crippen LogP contribution in [-0.4, -0.2) is 17.5 Å². The van der Waals surface area contributed by atoms with Gasteiger partial charge in [-0.25, -0.2) is 4.99 Å². The summed E-state index contributed by atoms with van der Waals surface area (Å²) in [5.74, 6) is -0.533. The molecule has 4 nitrogen and oxygen atoms in total. The molecule has 1 atom stereocenters. The number of hydrogen-bond donors (Lipinski definition) is 1. The Morgan fingerprint density at radius 3 is 2.82 bits per heavy atom. The maximum Gasteiger partial charge on any atom is 0.279 e. The van der Waals surface area contributed by atoms with E-state index in [-0.39, 0.29) is 11.8 Å². The van der Waals surface area contributed by atoms with Gasteiger partial charge >= 0.3 is 0 Å². The Hall–Kier alpha value is -2.46. The van der Waals surface area contributed by atoms with E-state index in [2.05, 4.69) is 10.3 Å². The Bertz CT molecular complexity index is 788. The molecule has 22 heavy (non-hydrogen) atoms. The van der Waals surface area contributed by atoms with E-state index in [9.17, 15) is 9.59 Å². The van der Waals surface area contributed by atoms with E-state index in [0.717, 1.165) is 11.3 Å². The molecule has 1 aliphatic carbocycles. The van der Waals surface area contributed by atoms with E-state index in [4.69, 9.17) is 11.6 Å². The van der Waals surface area contributed by atoms with Gasteiger partial charge < -0.3 is 5.32 Å². The van der Waals surface area contributed by atoms with Crippen LogP contribution in [0.15, 0.2) is 64.8 Å². The number of rotatable bonds is 1. The first kappa shape index (κ1) is 14.5. The van der Waals surface area contributed by atoms with Crippen molar-refractivity contribution in [3.63, 3.8) is 0 Å². The first-order valence-corrected chi connectivity index (χ1v) is 7.19. The molecule has 0 fully saturated rings. The van der Waals surface area contributed by atoms with Gasteiger partial charge in [-0.1, -0.05) is 35.4 Å². The number of benzene rings is 1. The van der Waals surface area contributed by atoms with Crippen LogP contribution in [0, 0.1) is 5.92 Å². The molecule has 1 aromatic rings. The molecule has 3 rings (SSSR count). The number of carbonyl (C=O) groups is 2. The number of amides is 2. The second kappa shape index (κ2) is 5.73. The van der Waals surface area contributed by atoms with Gasteiger partial charge in [0.05, 0.1) is 16.3 Å². The highest BCUT2D eigenvalue weighted by molar-refractivity contribution is 6.34. The third-order valence-electron chi connectivity index (χ3n) is 3.55. The zero-order valence-corrected chi connectivity index (χ0v) is 12.6. The fourth-order valence-electron chi connectivity index (χ4n) is 2.46. The number of nitrogens with zero attached hydrogens (tertiary/aromatic N) is 1. The molecule has 1 aliphatic heterocycles. The zero-order chi connectivity index (χ0) is 15.7.